The van der Waals surface area contributed by atoms with Crippen LogP contribution in [-0.4, -0.2) is 37.5 Å². The molecule has 0 bridgehead atoms. The largest absolute Gasteiger partial charge is 0.486 e. The van der Waals surface area contributed by atoms with Crippen molar-refractivity contribution < 1.29 is 28.6 Å². The second-order valence-corrected chi connectivity index (χ2v) is 6.37. The number of fused-ring (bicyclic) bond motifs is 1. The minimum Gasteiger partial charge on any atom is -0.486 e. The first-order chi connectivity index (χ1) is 14.0. The minimum atomic E-state index is -0.615. The molecule has 0 aromatic heterocycles. The Morgan fingerprint density at radius 1 is 1.03 bits per heavy atom. The Balaban J connectivity index is 1.49. The van der Waals surface area contributed by atoms with Gasteiger partial charge in [0.05, 0.1) is 0 Å². The van der Waals surface area contributed by atoms with Crippen molar-refractivity contribution in [3.8, 4) is 11.5 Å². The number of benzene rings is 2. The maximum atomic E-state index is 12.2. The third-order valence-corrected chi connectivity index (χ3v) is 4.14. The van der Waals surface area contributed by atoms with Gasteiger partial charge in [-0.1, -0.05) is 30.3 Å². The molecule has 1 heterocycles. The number of ketones is 1. The Morgan fingerprint density at radius 2 is 1.76 bits per heavy atom. The molecule has 3 rings (SSSR count). The van der Waals surface area contributed by atoms with E-state index in [0.29, 0.717) is 36.8 Å². The fourth-order valence-electron chi connectivity index (χ4n) is 2.63. The van der Waals surface area contributed by atoms with E-state index in [9.17, 15) is 14.4 Å². The maximum Gasteiger partial charge on any atom is 0.331 e. The molecule has 29 heavy (non-hydrogen) atoms. The van der Waals surface area contributed by atoms with Gasteiger partial charge in [0.15, 0.2) is 23.9 Å². The van der Waals surface area contributed by atoms with Gasteiger partial charge in [0.1, 0.15) is 13.2 Å². The fourth-order valence-corrected chi connectivity index (χ4v) is 2.63. The van der Waals surface area contributed by atoms with Gasteiger partial charge in [-0.25, -0.2) is 4.79 Å². The highest BCUT2D eigenvalue weighted by molar-refractivity contribution is 5.98. The standard InChI is InChI=1S/C22H21NO6/c1-15(24)23-13-17-2-6-18(7-3-17)19(25)14-29-22(26)9-5-16-4-8-20-21(12-16)28-11-10-27-20/h2-9,12H,10-11,13-14H2,1H3,(H,23,24)/b9-5+. The van der Waals surface area contributed by atoms with Gasteiger partial charge in [-0.05, 0) is 29.3 Å². The Hall–Kier alpha value is -3.61. The highest BCUT2D eigenvalue weighted by Crippen LogP contribution is 2.31. The van der Waals surface area contributed by atoms with E-state index in [1.807, 2.05) is 0 Å². The monoisotopic (exact) mass is 395 g/mol. The Morgan fingerprint density at radius 3 is 2.48 bits per heavy atom. The van der Waals surface area contributed by atoms with E-state index in [-0.39, 0.29) is 18.3 Å². The zero-order chi connectivity index (χ0) is 20.6. The lowest BCUT2D eigenvalue weighted by atomic mass is 10.1. The summed E-state index contributed by atoms with van der Waals surface area (Å²) >= 11 is 0. The molecule has 0 radical (unpaired) electrons. The van der Waals surface area contributed by atoms with E-state index in [1.165, 1.54) is 13.0 Å². The number of ether oxygens (including phenoxy) is 3. The van der Waals surface area contributed by atoms with Gasteiger partial charge >= 0.3 is 5.97 Å². The molecule has 7 nitrogen and oxygen atoms in total. The van der Waals surface area contributed by atoms with Gasteiger partial charge in [-0.3, -0.25) is 9.59 Å². The van der Waals surface area contributed by atoms with Crippen LogP contribution in [0, 0.1) is 0 Å². The molecule has 1 aliphatic heterocycles. The van der Waals surface area contributed by atoms with Crippen LogP contribution in [0.4, 0.5) is 0 Å². The van der Waals surface area contributed by atoms with Crippen LogP contribution in [0.1, 0.15) is 28.4 Å². The Kier molecular flexibility index (Phi) is 6.63. The molecule has 0 atom stereocenters. The molecule has 0 saturated carbocycles. The number of amides is 1. The lowest BCUT2D eigenvalue weighted by Gasteiger charge is -2.18. The molecule has 1 aliphatic rings. The molecule has 2 aromatic carbocycles. The Labute approximate surface area is 168 Å². The first kappa shape index (κ1) is 20.1. The van der Waals surface area contributed by atoms with Crippen LogP contribution >= 0.6 is 0 Å². The minimum absolute atomic E-state index is 0.124. The van der Waals surface area contributed by atoms with Crippen LogP contribution in [0.15, 0.2) is 48.5 Å². The summed E-state index contributed by atoms with van der Waals surface area (Å²) in [6, 6.07) is 12.1. The molecule has 150 valence electrons. The summed E-state index contributed by atoms with van der Waals surface area (Å²) < 4.78 is 16.0. The molecule has 0 aliphatic carbocycles. The number of hydrogen-bond acceptors (Lipinski definition) is 6. The third-order valence-electron chi connectivity index (χ3n) is 4.14. The molecule has 0 fully saturated rings. The molecule has 1 N–H and O–H groups in total. The number of esters is 1. The van der Waals surface area contributed by atoms with Gasteiger partial charge in [0, 0.05) is 25.1 Å². The van der Waals surface area contributed by atoms with Crippen molar-refractivity contribution in [3.63, 3.8) is 0 Å². The average molecular weight is 395 g/mol. The van der Waals surface area contributed by atoms with Gasteiger partial charge in [-0.15, -0.1) is 0 Å². The molecule has 0 saturated heterocycles. The van der Waals surface area contributed by atoms with Gasteiger partial charge < -0.3 is 19.5 Å². The normalized spacial score (nSPS) is 12.4. The van der Waals surface area contributed by atoms with Crippen molar-refractivity contribution >= 4 is 23.7 Å². The summed E-state index contributed by atoms with van der Waals surface area (Å²) in [7, 11) is 0. The summed E-state index contributed by atoms with van der Waals surface area (Å²) in [6.45, 7) is 2.48. The smallest absolute Gasteiger partial charge is 0.331 e. The maximum absolute atomic E-state index is 12.2. The van der Waals surface area contributed by atoms with E-state index in [4.69, 9.17) is 14.2 Å². The first-order valence-electron chi connectivity index (χ1n) is 9.12. The van der Waals surface area contributed by atoms with Crippen LogP contribution in [0.5, 0.6) is 11.5 Å². The van der Waals surface area contributed by atoms with E-state index in [2.05, 4.69) is 5.32 Å². The van der Waals surface area contributed by atoms with Gasteiger partial charge in [0.25, 0.3) is 0 Å². The fraction of sp³-hybridized carbons (Fsp3) is 0.227. The highest BCUT2D eigenvalue weighted by Gasteiger charge is 2.11. The van der Waals surface area contributed by atoms with Gasteiger partial charge in [0.2, 0.25) is 5.91 Å². The quantitative estimate of drug-likeness (QED) is 0.440. The zero-order valence-corrected chi connectivity index (χ0v) is 16.0. The number of Topliss-reactive ketones (excluding diaryl/α,β-unsaturated/α-hetero) is 1. The Bertz CT molecular complexity index is 933. The van der Waals surface area contributed by atoms with Crippen molar-refractivity contribution in [2.45, 2.75) is 13.5 Å². The SMILES string of the molecule is CC(=O)NCc1ccc(C(=O)COC(=O)/C=C/c2ccc3c(c2)OCCO3)cc1. The number of rotatable bonds is 7. The number of carbonyl (C=O) groups is 3. The molecule has 0 unspecified atom stereocenters. The zero-order valence-electron chi connectivity index (χ0n) is 16.0. The number of nitrogens with one attached hydrogen (secondary N) is 1. The van der Waals surface area contributed by atoms with E-state index in [1.54, 1.807) is 48.5 Å². The lowest BCUT2D eigenvalue weighted by Crippen LogP contribution is -2.19. The topological polar surface area (TPSA) is 90.9 Å². The predicted octanol–water partition coefficient (Wildman–Crippen LogP) is 2.53. The van der Waals surface area contributed by atoms with Crippen LogP contribution in [0.2, 0.25) is 0 Å². The number of hydrogen-bond donors (Lipinski definition) is 1. The molecular formula is C22H21NO6. The van der Waals surface area contributed by atoms with E-state index < -0.39 is 5.97 Å². The van der Waals surface area contributed by atoms with Crippen LogP contribution in [-0.2, 0) is 20.9 Å². The van der Waals surface area contributed by atoms with Crippen LogP contribution in [0.3, 0.4) is 0 Å². The van der Waals surface area contributed by atoms with E-state index >= 15 is 0 Å². The third kappa shape index (κ3) is 5.93. The summed E-state index contributed by atoms with van der Waals surface area (Å²) in [6.07, 6.45) is 2.84. The first-order valence-corrected chi connectivity index (χ1v) is 9.12. The molecule has 1 amide bonds. The van der Waals surface area contributed by atoms with Crippen molar-refractivity contribution in [2.24, 2.45) is 0 Å². The summed E-state index contributed by atoms with van der Waals surface area (Å²) in [5.41, 5.74) is 2.06. The van der Waals surface area contributed by atoms with Crippen molar-refractivity contribution in [1.29, 1.82) is 0 Å². The second-order valence-electron chi connectivity index (χ2n) is 6.37. The van der Waals surface area contributed by atoms with Crippen LogP contribution < -0.4 is 14.8 Å². The summed E-state index contributed by atoms with van der Waals surface area (Å²) in [4.78, 5) is 35.0. The summed E-state index contributed by atoms with van der Waals surface area (Å²) in [5, 5.41) is 2.68. The van der Waals surface area contributed by atoms with Crippen molar-refractivity contribution in [2.75, 3.05) is 19.8 Å². The molecule has 0 spiro atoms. The predicted molar refractivity (Wildman–Crippen MR) is 106 cm³/mol. The molecular weight excluding hydrogens is 374 g/mol. The van der Waals surface area contributed by atoms with Crippen LogP contribution in [0.25, 0.3) is 6.08 Å². The van der Waals surface area contributed by atoms with Crippen molar-refractivity contribution in [1.82, 2.24) is 5.32 Å². The molecule has 2 aromatic rings. The second kappa shape index (κ2) is 9.54. The average Bonchev–Trinajstić information content (AvgIpc) is 2.74. The van der Waals surface area contributed by atoms with Gasteiger partial charge in [-0.2, -0.15) is 0 Å². The lowest BCUT2D eigenvalue weighted by molar-refractivity contribution is -0.136. The van der Waals surface area contributed by atoms with E-state index in [0.717, 1.165) is 11.1 Å². The highest BCUT2D eigenvalue weighted by atomic mass is 16.6. The molecule has 7 heteroatoms. The van der Waals surface area contributed by atoms with Crippen molar-refractivity contribution in [3.05, 3.63) is 65.2 Å². The number of carbonyl (C=O) groups excluding carboxylic acids is 3. The summed E-state index contributed by atoms with van der Waals surface area (Å²) in [5.74, 6) is 0.252.